The second kappa shape index (κ2) is 7.01. The lowest BCUT2D eigenvalue weighted by Gasteiger charge is -2.14. The first-order valence-electron chi connectivity index (χ1n) is 6.01. The first-order valence-corrected chi connectivity index (χ1v) is 6.01. The molecule has 0 aliphatic heterocycles. The van der Waals surface area contributed by atoms with Crippen molar-refractivity contribution in [3.63, 3.8) is 0 Å². The zero-order valence-electron chi connectivity index (χ0n) is 11.4. The molecule has 100 valence electrons. The summed E-state index contributed by atoms with van der Waals surface area (Å²) in [5, 5.41) is 2.80. The summed E-state index contributed by atoms with van der Waals surface area (Å²) in [4.78, 5) is 11.6. The average Bonchev–Trinajstić information content (AvgIpc) is 2.30. The largest absolute Gasteiger partial charge is 0.483 e. The van der Waals surface area contributed by atoms with Gasteiger partial charge in [0.25, 0.3) is 5.91 Å². The molecule has 0 fully saturated rings. The van der Waals surface area contributed by atoms with Crippen molar-refractivity contribution in [3.8, 4) is 5.75 Å². The van der Waals surface area contributed by atoms with Crippen LogP contribution in [0.15, 0.2) is 18.2 Å². The standard InChI is InChI=1S/C14H21NO3/c1-10-5-6-11(2)13(7-10)18-9-14(16)15-12(3)8-17-4/h5-7,12H,8-9H2,1-4H3,(H,15,16). The van der Waals surface area contributed by atoms with Crippen LogP contribution in [-0.4, -0.2) is 32.3 Å². The van der Waals surface area contributed by atoms with E-state index < -0.39 is 0 Å². The minimum Gasteiger partial charge on any atom is -0.483 e. The molecule has 0 aliphatic carbocycles. The predicted octanol–water partition coefficient (Wildman–Crippen LogP) is 1.83. The van der Waals surface area contributed by atoms with Crippen LogP contribution in [0.2, 0.25) is 0 Å². The summed E-state index contributed by atoms with van der Waals surface area (Å²) in [6.45, 7) is 6.36. The second-order valence-corrected chi connectivity index (χ2v) is 4.48. The highest BCUT2D eigenvalue weighted by molar-refractivity contribution is 5.77. The van der Waals surface area contributed by atoms with Crippen molar-refractivity contribution in [2.24, 2.45) is 0 Å². The predicted molar refractivity (Wildman–Crippen MR) is 70.9 cm³/mol. The molecule has 0 aromatic heterocycles. The molecular weight excluding hydrogens is 230 g/mol. The third kappa shape index (κ3) is 4.75. The monoisotopic (exact) mass is 251 g/mol. The van der Waals surface area contributed by atoms with Crippen LogP contribution in [0.1, 0.15) is 18.1 Å². The Labute approximate surface area is 108 Å². The number of aryl methyl sites for hydroxylation is 2. The summed E-state index contributed by atoms with van der Waals surface area (Å²) >= 11 is 0. The van der Waals surface area contributed by atoms with E-state index in [0.717, 1.165) is 16.9 Å². The van der Waals surface area contributed by atoms with Crippen LogP contribution >= 0.6 is 0 Å². The molecule has 1 unspecified atom stereocenters. The van der Waals surface area contributed by atoms with Crippen molar-refractivity contribution < 1.29 is 14.3 Å². The third-order valence-corrected chi connectivity index (χ3v) is 2.53. The van der Waals surface area contributed by atoms with Gasteiger partial charge in [-0.25, -0.2) is 0 Å². The summed E-state index contributed by atoms with van der Waals surface area (Å²) in [5.41, 5.74) is 2.14. The molecule has 0 radical (unpaired) electrons. The number of ether oxygens (including phenoxy) is 2. The Morgan fingerprint density at radius 2 is 2.11 bits per heavy atom. The minimum atomic E-state index is -0.138. The lowest BCUT2D eigenvalue weighted by atomic mass is 10.1. The Hall–Kier alpha value is -1.55. The maximum Gasteiger partial charge on any atom is 0.258 e. The van der Waals surface area contributed by atoms with E-state index in [-0.39, 0.29) is 18.6 Å². The molecule has 4 nitrogen and oxygen atoms in total. The number of rotatable bonds is 6. The molecule has 0 saturated carbocycles. The van der Waals surface area contributed by atoms with Crippen molar-refractivity contribution in [1.82, 2.24) is 5.32 Å². The quantitative estimate of drug-likeness (QED) is 0.839. The number of carbonyl (C=O) groups is 1. The van der Waals surface area contributed by atoms with E-state index in [9.17, 15) is 4.79 Å². The van der Waals surface area contributed by atoms with Gasteiger partial charge in [0.1, 0.15) is 5.75 Å². The number of amides is 1. The topological polar surface area (TPSA) is 47.6 Å². The number of hydrogen-bond donors (Lipinski definition) is 1. The van der Waals surface area contributed by atoms with Crippen LogP contribution < -0.4 is 10.1 Å². The van der Waals surface area contributed by atoms with Gasteiger partial charge in [0, 0.05) is 13.2 Å². The third-order valence-electron chi connectivity index (χ3n) is 2.53. The van der Waals surface area contributed by atoms with Gasteiger partial charge in [-0.05, 0) is 38.0 Å². The van der Waals surface area contributed by atoms with Gasteiger partial charge in [-0.15, -0.1) is 0 Å². The summed E-state index contributed by atoms with van der Waals surface area (Å²) in [7, 11) is 1.61. The molecule has 0 spiro atoms. The Bertz CT molecular complexity index is 404. The van der Waals surface area contributed by atoms with Gasteiger partial charge >= 0.3 is 0 Å². The van der Waals surface area contributed by atoms with Crippen molar-refractivity contribution in [2.45, 2.75) is 26.8 Å². The zero-order chi connectivity index (χ0) is 13.5. The molecule has 1 atom stereocenters. The van der Waals surface area contributed by atoms with Crippen LogP contribution in [0.4, 0.5) is 0 Å². The lowest BCUT2D eigenvalue weighted by molar-refractivity contribution is -0.124. The van der Waals surface area contributed by atoms with Crippen LogP contribution in [-0.2, 0) is 9.53 Å². The van der Waals surface area contributed by atoms with E-state index in [4.69, 9.17) is 9.47 Å². The molecule has 4 heteroatoms. The van der Waals surface area contributed by atoms with Gasteiger partial charge in [0.15, 0.2) is 6.61 Å². The van der Waals surface area contributed by atoms with Gasteiger partial charge < -0.3 is 14.8 Å². The molecule has 0 bridgehead atoms. The van der Waals surface area contributed by atoms with Crippen molar-refractivity contribution in [3.05, 3.63) is 29.3 Å². The van der Waals surface area contributed by atoms with Crippen molar-refractivity contribution in [1.29, 1.82) is 0 Å². The van der Waals surface area contributed by atoms with Gasteiger partial charge in [0.05, 0.1) is 6.61 Å². The highest BCUT2D eigenvalue weighted by Crippen LogP contribution is 2.18. The first kappa shape index (κ1) is 14.5. The lowest BCUT2D eigenvalue weighted by Crippen LogP contribution is -2.38. The number of benzene rings is 1. The molecule has 0 aliphatic rings. The molecule has 18 heavy (non-hydrogen) atoms. The van der Waals surface area contributed by atoms with Crippen LogP contribution in [0.25, 0.3) is 0 Å². The second-order valence-electron chi connectivity index (χ2n) is 4.48. The van der Waals surface area contributed by atoms with E-state index in [0.29, 0.717) is 6.61 Å². The number of hydrogen-bond acceptors (Lipinski definition) is 3. The molecule has 1 N–H and O–H groups in total. The number of methoxy groups -OCH3 is 1. The van der Waals surface area contributed by atoms with Crippen LogP contribution in [0.5, 0.6) is 5.75 Å². The minimum absolute atomic E-state index is 0.00953. The Morgan fingerprint density at radius 3 is 2.78 bits per heavy atom. The molecule has 1 aromatic carbocycles. The van der Waals surface area contributed by atoms with E-state index in [2.05, 4.69) is 5.32 Å². The highest BCUT2D eigenvalue weighted by atomic mass is 16.5. The van der Waals surface area contributed by atoms with E-state index in [1.807, 2.05) is 39.0 Å². The SMILES string of the molecule is COCC(C)NC(=O)COc1cc(C)ccc1C. The van der Waals surface area contributed by atoms with Gasteiger partial charge in [-0.3, -0.25) is 4.79 Å². The van der Waals surface area contributed by atoms with Crippen LogP contribution in [0, 0.1) is 13.8 Å². The Morgan fingerprint density at radius 1 is 1.39 bits per heavy atom. The summed E-state index contributed by atoms with van der Waals surface area (Å²) in [5.74, 6) is 0.616. The van der Waals surface area contributed by atoms with Crippen molar-refractivity contribution in [2.75, 3.05) is 20.3 Å². The molecular formula is C14H21NO3. The fraction of sp³-hybridized carbons (Fsp3) is 0.500. The number of nitrogens with one attached hydrogen (secondary N) is 1. The maximum atomic E-state index is 11.6. The Balaban J connectivity index is 2.45. The van der Waals surface area contributed by atoms with E-state index >= 15 is 0 Å². The van der Waals surface area contributed by atoms with Crippen LogP contribution in [0.3, 0.4) is 0 Å². The summed E-state index contributed by atoms with van der Waals surface area (Å²) < 4.78 is 10.5. The molecule has 0 saturated heterocycles. The first-order chi connectivity index (χ1) is 8.52. The molecule has 1 aromatic rings. The maximum absolute atomic E-state index is 11.6. The summed E-state index contributed by atoms with van der Waals surface area (Å²) in [6, 6.07) is 5.92. The normalized spacial score (nSPS) is 12.0. The van der Waals surface area contributed by atoms with Crippen molar-refractivity contribution >= 4 is 5.91 Å². The molecule has 1 amide bonds. The van der Waals surface area contributed by atoms with Gasteiger partial charge in [-0.1, -0.05) is 12.1 Å². The zero-order valence-corrected chi connectivity index (χ0v) is 11.4. The fourth-order valence-electron chi connectivity index (χ4n) is 1.61. The summed E-state index contributed by atoms with van der Waals surface area (Å²) in [6.07, 6.45) is 0. The van der Waals surface area contributed by atoms with Gasteiger partial charge in [-0.2, -0.15) is 0 Å². The highest BCUT2D eigenvalue weighted by Gasteiger charge is 2.08. The Kier molecular flexibility index (Phi) is 5.65. The molecule has 1 rings (SSSR count). The average molecular weight is 251 g/mol. The van der Waals surface area contributed by atoms with E-state index in [1.54, 1.807) is 7.11 Å². The molecule has 0 heterocycles. The number of carbonyl (C=O) groups excluding carboxylic acids is 1. The van der Waals surface area contributed by atoms with Gasteiger partial charge in [0.2, 0.25) is 0 Å². The smallest absolute Gasteiger partial charge is 0.258 e. The van der Waals surface area contributed by atoms with E-state index in [1.165, 1.54) is 0 Å². The fourth-order valence-corrected chi connectivity index (χ4v) is 1.61.